The van der Waals surface area contributed by atoms with Gasteiger partial charge in [0, 0.05) is 11.7 Å². The summed E-state index contributed by atoms with van der Waals surface area (Å²) in [6.45, 7) is 8.69. The molecule has 0 aromatic carbocycles. The molecule has 110 valence electrons. The highest BCUT2D eigenvalue weighted by Crippen LogP contribution is 2.44. The van der Waals surface area contributed by atoms with E-state index < -0.39 is 0 Å². The van der Waals surface area contributed by atoms with E-state index in [2.05, 4.69) is 44.7 Å². The first-order valence-corrected chi connectivity index (χ1v) is 8.77. The van der Waals surface area contributed by atoms with Gasteiger partial charge >= 0.3 is 0 Å². The first-order valence-electron chi connectivity index (χ1n) is 7.72. The molecular formula is C17H30OS. The fourth-order valence-electron chi connectivity index (χ4n) is 2.81. The molecule has 0 saturated heterocycles. The molecule has 0 radical (unpaired) electrons. The van der Waals surface area contributed by atoms with E-state index in [-0.39, 0.29) is 5.78 Å². The van der Waals surface area contributed by atoms with Crippen LogP contribution in [-0.4, -0.2) is 16.8 Å². The number of thioether (sulfide) groups is 1. The smallest absolute Gasteiger partial charge is 0.133 e. The van der Waals surface area contributed by atoms with Crippen molar-refractivity contribution >= 4 is 17.5 Å². The van der Waals surface area contributed by atoms with E-state index in [0.29, 0.717) is 17.8 Å². The fraction of sp³-hybridized carbons (Fsp3) is 0.824. The molecule has 1 aliphatic rings. The lowest BCUT2D eigenvalue weighted by atomic mass is 9.72. The van der Waals surface area contributed by atoms with Crippen molar-refractivity contribution in [3.05, 3.63) is 12.2 Å². The van der Waals surface area contributed by atoms with Gasteiger partial charge in [0.05, 0.1) is 0 Å². The van der Waals surface area contributed by atoms with Gasteiger partial charge in [0.25, 0.3) is 0 Å². The molecule has 1 rings (SSSR count). The molecule has 0 N–H and O–H groups in total. The van der Waals surface area contributed by atoms with Gasteiger partial charge in [-0.2, -0.15) is 11.8 Å². The van der Waals surface area contributed by atoms with Gasteiger partial charge in [0.2, 0.25) is 0 Å². The largest absolute Gasteiger partial charge is 0.300 e. The highest BCUT2D eigenvalue weighted by molar-refractivity contribution is 7.99. The molecule has 1 saturated carbocycles. The summed E-state index contributed by atoms with van der Waals surface area (Å²) < 4.78 is 0. The number of hydrogen-bond donors (Lipinski definition) is 0. The average molecular weight is 282 g/mol. The molecule has 19 heavy (non-hydrogen) atoms. The lowest BCUT2D eigenvalue weighted by Gasteiger charge is -2.39. The molecule has 2 heteroatoms. The minimum Gasteiger partial charge on any atom is -0.300 e. The van der Waals surface area contributed by atoms with Crippen LogP contribution < -0.4 is 0 Å². The Balaban J connectivity index is 2.55. The van der Waals surface area contributed by atoms with Gasteiger partial charge in [-0.25, -0.2) is 0 Å². The van der Waals surface area contributed by atoms with Crippen molar-refractivity contribution in [3.63, 3.8) is 0 Å². The average Bonchev–Trinajstić information content (AvgIpc) is 2.31. The summed E-state index contributed by atoms with van der Waals surface area (Å²) in [7, 11) is 0. The maximum atomic E-state index is 11.0. The standard InChI is InChI=1S/C17H30OS/c1-5-6-12-19-16-10-11-17(3,4)13-15(16)9-7-8-14(2)18/h7,9,15-16H,5-6,8,10-13H2,1-4H3. The molecule has 2 atom stereocenters. The lowest BCUT2D eigenvalue weighted by molar-refractivity contribution is -0.116. The van der Waals surface area contributed by atoms with Gasteiger partial charge < -0.3 is 0 Å². The van der Waals surface area contributed by atoms with E-state index in [4.69, 9.17) is 0 Å². The summed E-state index contributed by atoms with van der Waals surface area (Å²) >= 11 is 2.15. The predicted molar refractivity (Wildman–Crippen MR) is 86.7 cm³/mol. The number of allylic oxidation sites excluding steroid dienone is 2. The van der Waals surface area contributed by atoms with Crippen molar-refractivity contribution in [3.8, 4) is 0 Å². The van der Waals surface area contributed by atoms with Crippen molar-refractivity contribution in [2.45, 2.75) is 71.5 Å². The second kappa shape index (κ2) is 8.14. The molecule has 0 aliphatic heterocycles. The normalized spacial score (nSPS) is 26.7. The lowest BCUT2D eigenvalue weighted by Crippen LogP contribution is -2.30. The molecule has 1 aliphatic carbocycles. The third kappa shape index (κ3) is 6.65. The van der Waals surface area contributed by atoms with Crippen LogP contribution >= 0.6 is 11.8 Å². The summed E-state index contributed by atoms with van der Waals surface area (Å²) in [5.74, 6) is 2.21. The van der Waals surface area contributed by atoms with E-state index in [9.17, 15) is 4.79 Å². The highest BCUT2D eigenvalue weighted by atomic mass is 32.2. The van der Waals surface area contributed by atoms with Crippen LogP contribution in [0.25, 0.3) is 0 Å². The Hall–Kier alpha value is -0.240. The van der Waals surface area contributed by atoms with Gasteiger partial charge in [-0.15, -0.1) is 0 Å². The van der Waals surface area contributed by atoms with E-state index in [1.807, 2.05) is 0 Å². The van der Waals surface area contributed by atoms with Crippen LogP contribution in [0.2, 0.25) is 0 Å². The Morgan fingerprint density at radius 2 is 2.16 bits per heavy atom. The van der Waals surface area contributed by atoms with Crippen molar-refractivity contribution in [1.29, 1.82) is 0 Å². The predicted octanol–water partition coefficient (Wildman–Crippen LogP) is 5.25. The van der Waals surface area contributed by atoms with Crippen LogP contribution in [-0.2, 0) is 4.79 Å². The van der Waals surface area contributed by atoms with Gasteiger partial charge in [0.15, 0.2) is 0 Å². The quantitative estimate of drug-likeness (QED) is 0.468. The monoisotopic (exact) mass is 282 g/mol. The maximum Gasteiger partial charge on any atom is 0.133 e. The number of carbonyl (C=O) groups excluding carboxylic acids is 1. The van der Waals surface area contributed by atoms with Crippen molar-refractivity contribution in [2.75, 3.05) is 5.75 Å². The Kier molecular flexibility index (Phi) is 7.20. The van der Waals surface area contributed by atoms with Gasteiger partial charge in [-0.05, 0) is 49.7 Å². The van der Waals surface area contributed by atoms with Crippen molar-refractivity contribution < 1.29 is 4.79 Å². The summed E-state index contributed by atoms with van der Waals surface area (Å²) in [5, 5.41) is 0.766. The second-order valence-corrected chi connectivity index (χ2v) is 8.02. The molecule has 0 bridgehead atoms. The first-order chi connectivity index (χ1) is 8.94. The summed E-state index contributed by atoms with van der Waals surface area (Å²) in [4.78, 5) is 11.0. The van der Waals surface area contributed by atoms with Crippen LogP contribution in [0.3, 0.4) is 0 Å². The summed E-state index contributed by atoms with van der Waals surface area (Å²) in [5.41, 5.74) is 0.465. The van der Waals surface area contributed by atoms with Crippen molar-refractivity contribution in [2.24, 2.45) is 11.3 Å². The Bertz CT molecular complexity index is 306. The fourth-order valence-corrected chi connectivity index (χ4v) is 4.28. The molecular weight excluding hydrogens is 252 g/mol. The highest BCUT2D eigenvalue weighted by Gasteiger charge is 2.33. The number of ketones is 1. The first kappa shape index (κ1) is 16.8. The Morgan fingerprint density at radius 3 is 2.79 bits per heavy atom. The zero-order valence-electron chi connectivity index (χ0n) is 13.1. The number of Topliss-reactive ketones (excluding diaryl/α,β-unsaturated/α-hetero) is 1. The minimum absolute atomic E-state index is 0.265. The summed E-state index contributed by atoms with van der Waals surface area (Å²) in [6, 6.07) is 0. The summed E-state index contributed by atoms with van der Waals surface area (Å²) in [6.07, 6.45) is 11.6. The number of hydrogen-bond acceptors (Lipinski definition) is 2. The van der Waals surface area contributed by atoms with Crippen molar-refractivity contribution in [1.82, 2.24) is 0 Å². The number of unbranched alkanes of at least 4 members (excludes halogenated alkanes) is 1. The molecule has 0 aromatic rings. The Labute approximate surface area is 123 Å². The minimum atomic E-state index is 0.265. The van der Waals surface area contributed by atoms with Crippen LogP contribution in [0.4, 0.5) is 0 Å². The zero-order valence-corrected chi connectivity index (χ0v) is 13.9. The number of rotatable bonds is 7. The van der Waals surface area contributed by atoms with E-state index in [1.54, 1.807) is 6.92 Å². The van der Waals surface area contributed by atoms with E-state index in [0.717, 1.165) is 5.25 Å². The van der Waals surface area contributed by atoms with Crippen LogP contribution in [0.5, 0.6) is 0 Å². The number of carbonyl (C=O) groups is 1. The van der Waals surface area contributed by atoms with Gasteiger partial charge in [-0.1, -0.05) is 39.3 Å². The zero-order chi connectivity index (χ0) is 14.3. The van der Waals surface area contributed by atoms with Crippen LogP contribution in [0, 0.1) is 11.3 Å². The second-order valence-electron chi connectivity index (χ2n) is 6.67. The Morgan fingerprint density at radius 1 is 1.42 bits per heavy atom. The molecule has 1 fully saturated rings. The molecule has 2 unspecified atom stereocenters. The third-order valence-electron chi connectivity index (χ3n) is 3.99. The molecule has 1 nitrogen and oxygen atoms in total. The molecule has 0 aromatic heterocycles. The third-order valence-corrected chi connectivity index (χ3v) is 5.53. The molecule has 0 heterocycles. The van der Waals surface area contributed by atoms with Gasteiger partial charge in [0.1, 0.15) is 5.78 Å². The van der Waals surface area contributed by atoms with Gasteiger partial charge in [-0.3, -0.25) is 4.79 Å². The maximum absolute atomic E-state index is 11.0. The van der Waals surface area contributed by atoms with E-state index in [1.165, 1.54) is 37.9 Å². The van der Waals surface area contributed by atoms with Crippen LogP contribution in [0.1, 0.15) is 66.2 Å². The topological polar surface area (TPSA) is 17.1 Å². The molecule has 0 amide bonds. The van der Waals surface area contributed by atoms with Crippen LogP contribution in [0.15, 0.2) is 12.2 Å². The van der Waals surface area contributed by atoms with E-state index >= 15 is 0 Å². The molecule has 0 spiro atoms. The SMILES string of the molecule is CCCCSC1CCC(C)(C)CC1C=CCC(C)=O.